The maximum absolute atomic E-state index is 13.4. The van der Waals surface area contributed by atoms with Gasteiger partial charge in [0.2, 0.25) is 10.0 Å². The number of benzene rings is 2. The zero-order valence-corrected chi connectivity index (χ0v) is 14.1. The van der Waals surface area contributed by atoms with Gasteiger partial charge < -0.3 is 10.1 Å². The third kappa shape index (κ3) is 4.92. The number of nitrogens with one attached hydrogen (secondary N) is 1. The number of rotatable bonds is 5. The van der Waals surface area contributed by atoms with Crippen LogP contribution in [0.25, 0.3) is 0 Å². The standard InChI is InChI=1S/C15H14ClFN2O4S/c1-9-4-10(16)2-3-14(9)23-8-15(20)19-12-5-11(17)6-13(7-12)24(18,21)22/h2-7H,8H2,1H3,(H,19,20)(H2,18,21,22). The highest BCUT2D eigenvalue weighted by Gasteiger charge is 2.13. The average molecular weight is 373 g/mol. The van der Waals surface area contributed by atoms with Crippen LogP contribution >= 0.6 is 11.6 Å². The van der Waals surface area contributed by atoms with Crippen LogP contribution in [0, 0.1) is 12.7 Å². The SMILES string of the molecule is Cc1cc(Cl)ccc1OCC(=O)Nc1cc(F)cc(S(N)(=O)=O)c1. The zero-order valence-electron chi connectivity index (χ0n) is 12.5. The molecule has 24 heavy (non-hydrogen) atoms. The summed E-state index contributed by atoms with van der Waals surface area (Å²) in [5, 5.41) is 7.83. The van der Waals surface area contributed by atoms with Crippen LogP contribution in [0.5, 0.6) is 5.75 Å². The van der Waals surface area contributed by atoms with Gasteiger partial charge in [-0.1, -0.05) is 11.6 Å². The number of aryl methyl sites for hydroxylation is 1. The van der Waals surface area contributed by atoms with Crippen LogP contribution in [0.2, 0.25) is 5.02 Å². The molecule has 0 aromatic heterocycles. The molecule has 3 N–H and O–H groups in total. The number of primary sulfonamides is 1. The molecule has 0 fully saturated rings. The van der Waals surface area contributed by atoms with E-state index in [1.807, 2.05) is 0 Å². The summed E-state index contributed by atoms with van der Waals surface area (Å²) in [6, 6.07) is 7.71. The first-order valence-corrected chi connectivity index (χ1v) is 8.60. The molecule has 0 heterocycles. The van der Waals surface area contributed by atoms with Crippen molar-refractivity contribution in [2.45, 2.75) is 11.8 Å². The van der Waals surface area contributed by atoms with Crippen LogP contribution in [-0.4, -0.2) is 20.9 Å². The number of ether oxygens (including phenoxy) is 1. The van der Waals surface area contributed by atoms with Crippen LogP contribution in [0.4, 0.5) is 10.1 Å². The van der Waals surface area contributed by atoms with Crippen molar-refractivity contribution in [1.29, 1.82) is 0 Å². The summed E-state index contributed by atoms with van der Waals surface area (Å²) in [6.45, 7) is 1.42. The molecular formula is C15H14ClFN2O4S. The molecule has 0 aliphatic heterocycles. The lowest BCUT2D eigenvalue weighted by molar-refractivity contribution is -0.118. The van der Waals surface area contributed by atoms with E-state index in [9.17, 15) is 17.6 Å². The fraction of sp³-hybridized carbons (Fsp3) is 0.133. The first-order valence-electron chi connectivity index (χ1n) is 6.67. The quantitative estimate of drug-likeness (QED) is 0.842. The normalized spacial score (nSPS) is 11.2. The second-order valence-electron chi connectivity index (χ2n) is 4.97. The minimum atomic E-state index is -4.08. The number of hydrogen-bond acceptors (Lipinski definition) is 4. The van der Waals surface area contributed by atoms with Crippen molar-refractivity contribution in [3.8, 4) is 5.75 Å². The predicted octanol–water partition coefficient (Wildman–Crippen LogP) is 2.45. The fourth-order valence-electron chi connectivity index (χ4n) is 1.91. The molecule has 128 valence electrons. The lowest BCUT2D eigenvalue weighted by atomic mass is 10.2. The smallest absolute Gasteiger partial charge is 0.262 e. The van der Waals surface area contributed by atoms with Gasteiger partial charge in [0, 0.05) is 10.7 Å². The van der Waals surface area contributed by atoms with E-state index in [0.717, 1.165) is 23.8 Å². The van der Waals surface area contributed by atoms with Gasteiger partial charge >= 0.3 is 0 Å². The molecule has 0 saturated heterocycles. The Morgan fingerprint density at radius 3 is 2.62 bits per heavy atom. The molecule has 0 radical (unpaired) electrons. The van der Waals surface area contributed by atoms with Crippen molar-refractivity contribution < 1.29 is 22.3 Å². The summed E-state index contributed by atoms with van der Waals surface area (Å²) in [5.41, 5.74) is 0.707. The highest BCUT2D eigenvalue weighted by atomic mass is 35.5. The number of sulfonamides is 1. The summed E-state index contributed by atoms with van der Waals surface area (Å²) < 4.78 is 41.3. The number of amides is 1. The Kier molecular flexibility index (Phi) is 5.43. The van der Waals surface area contributed by atoms with E-state index in [4.69, 9.17) is 21.5 Å². The summed E-state index contributed by atoms with van der Waals surface area (Å²) in [5.74, 6) is -0.958. The average Bonchev–Trinajstić information content (AvgIpc) is 2.44. The van der Waals surface area contributed by atoms with Gasteiger partial charge in [0.05, 0.1) is 4.90 Å². The highest BCUT2D eigenvalue weighted by molar-refractivity contribution is 7.89. The maximum atomic E-state index is 13.4. The van der Waals surface area contributed by atoms with Crippen LogP contribution < -0.4 is 15.2 Å². The van der Waals surface area contributed by atoms with E-state index < -0.39 is 26.6 Å². The second-order valence-corrected chi connectivity index (χ2v) is 6.97. The largest absolute Gasteiger partial charge is 0.483 e. The third-order valence-electron chi connectivity index (χ3n) is 2.98. The summed E-state index contributed by atoms with van der Waals surface area (Å²) in [6.07, 6.45) is 0. The molecule has 0 aliphatic rings. The molecule has 2 rings (SSSR count). The number of anilines is 1. The first-order chi connectivity index (χ1) is 11.1. The molecule has 1 amide bonds. The Balaban J connectivity index is 2.06. The third-order valence-corrected chi connectivity index (χ3v) is 4.11. The predicted molar refractivity (Wildman–Crippen MR) is 88.1 cm³/mol. The Morgan fingerprint density at radius 1 is 1.29 bits per heavy atom. The Bertz CT molecular complexity index is 887. The van der Waals surface area contributed by atoms with E-state index in [0.29, 0.717) is 10.8 Å². The maximum Gasteiger partial charge on any atom is 0.262 e. The Hall–Kier alpha value is -2.16. The number of hydrogen-bond donors (Lipinski definition) is 2. The van der Waals surface area contributed by atoms with Crippen molar-refractivity contribution in [3.05, 3.63) is 52.8 Å². The topological polar surface area (TPSA) is 98.5 Å². The summed E-state index contributed by atoms with van der Waals surface area (Å²) in [4.78, 5) is 11.4. The molecule has 0 bridgehead atoms. The molecule has 0 saturated carbocycles. The molecule has 2 aromatic rings. The van der Waals surface area contributed by atoms with E-state index in [1.165, 1.54) is 0 Å². The van der Waals surface area contributed by atoms with Crippen LogP contribution in [0.3, 0.4) is 0 Å². The molecule has 0 unspecified atom stereocenters. The summed E-state index contributed by atoms with van der Waals surface area (Å²) in [7, 11) is -4.08. The lowest BCUT2D eigenvalue weighted by Crippen LogP contribution is -2.21. The summed E-state index contributed by atoms with van der Waals surface area (Å²) >= 11 is 5.82. The number of halogens is 2. The van der Waals surface area contributed by atoms with Gasteiger partial charge in [-0.05, 0) is 48.9 Å². The minimum Gasteiger partial charge on any atom is -0.483 e. The van der Waals surface area contributed by atoms with E-state index in [-0.39, 0.29) is 12.3 Å². The number of carbonyl (C=O) groups is 1. The van der Waals surface area contributed by atoms with Crippen molar-refractivity contribution in [3.63, 3.8) is 0 Å². The van der Waals surface area contributed by atoms with E-state index in [1.54, 1.807) is 25.1 Å². The van der Waals surface area contributed by atoms with E-state index in [2.05, 4.69) is 5.32 Å². The van der Waals surface area contributed by atoms with Gasteiger partial charge in [0.15, 0.2) is 6.61 Å². The monoisotopic (exact) mass is 372 g/mol. The molecular weight excluding hydrogens is 359 g/mol. The number of nitrogens with two attached hydrogens (primary N) is 1. The van der Waals surface area contributed by atoms with Crippen molar-refractivity contribution in [2.24, 2.45) is 5.14 Å². The van der Waals surface area contributed by atoms with Gasteiger partial charge in [0.1, 0.15) is 11.6 Å². The highest BCUT2D eigenvalue weighted by Crippen LogP contribution is 2.22. The molecule has 0 aliphatic carbocycles. The molecule has 0 atom stereocenters. The van der Waals surface area contributed by atoms with Gasteiger partial charge in [0.25, 0.3) is 5.91 Å². The van der Waals surface area contributed by atoms with Gasteiger partial charge in [-0.2, -0.15) is 0 Å². The minimum absolute atomic E-state index is 0.0412. The van der Waals surface area contributed by atoms with Crippen LogP contribution in [-0.2, 0) is 14.8 Å². The fourth-order valence-corrected chi connectivity index (χ4v) is 2.71. The van der Waals surface area contributed by atoms with Crippen LogP contribution in [0.1, 0.15) is 5.56 Å². The molecule has 6 nitrogen and oxygen atoms in total. The van der Waals surface area contributed by atoms with E-state index >= 15 is 0 Å². The number of carbonyl (C=O) groups excluding carboxylic acids is 1. The molecule has 2 aromatic carbocycles. The van der Waals surface area contributed by atoms with Crippen molar-refractivity contribution >= 4 is 33.2 Å². The van der Waals surface area contributed by atoms with Gasteiger partial charge in [-0.15, -0.1) is 0 Å². The zero-order chi connectivity index (χ0) is 17.9. The van der Waals surface area contributed by atoms with Gasteiger partial charge in [-0.3, -0.25) is 4.79 Å². The van der Waals surface area contributed by atoms with Crippen LogP contribution in [0.15, 0.2) is 41.3 Å². The molecule has 0 spiro atoms. The Labute approximate surface area is 143 Å². The van der Waals surface area contributed by atoms with Crippen molar-refractivity contribution in [1.82, 2.24) is 0 Å². The van der Waals surface area contributed by atoms with Gasteiger partial charge in [-0.25, -0.2) is 17.9 Å². The molecule has 9 heteroatoms. The first kappa shape index (κ1) is 18.2. The second kappa shape index (κ2) is 7.16. The lowest BCUT2D eigenvalue weighted by Gasteiger charge is -2.10. The Morgan fingerprint density at radius 2 is 2.00 bits per heavy atom. The van der Waals surface area contributed by atoms with Crippen molar-refractivity contribution in [2.75, 3.05) is 11.9 Å².